The lowest BCUT2D eigenvalue weighted by Gasteiger charge is -2.30. The van der Waals surface area contributed by atoms with Crippen LogP contribution in [0.15, 0.2) is 28.9 Å². The number of likely N-dealkylation sites (tertiary alicyclic amines) is 1. The Morgan fingerprint density at radius 1 is 1.24 bits per heavy atom. The van der Waals surface area contributed by atoms with E-state index >= 15 is 0 Å². The van der Waals surface area contributed by atoms with Crippen molar-refractivity contribution in [3.05, 3.63) is 53.2 Å². The Morgan fingerprint density at radius 2 is 1.97 bits per heavy atom. The van der Waals surface area contributed by atoms with Gasteiger partial charge in [-0.05, 0) is 39.2 Å². The molecule has 1 saturated heterocycles. The first-order valence-corrected chi connectivity index (χ1v) is 11.4. The molecule has 1 aromatic carbocycles. The van der Waals surface area contributed by atoms with Crippen LogP contribution in [0.3, 0.4) is 0 Å². The predicted octanol–water partition coefficient (Wildman–Crippen LogP) is 4.17. The molecule has 2 heterocycles. The fourth-order valence-electron chi connectivity index (χ4n) is 3.89. The quantitative estimate of drug-likeness (QED) is 0.520. The zero-order valence-electron chi connectivity index (χ0n) is 19.4. The molecule has 33 heavy (non-hydrogen) atoms. The van der Waals surface area contributed by atoms with E-state index in [0.717, 1.165) is 12.5 Å². The highest BCUT2D eigenvalue weighted by Crippen LogP contribution is 2.22. The second-order valence-electron chi connectivity index (χ2n) is 8.34. The van der Waals surface area contributed by atoms with Crippen molar-refractivity contribution in [2.75, 3.05) is 19.7 Å². The molecule has 0 aliphatic carbocycles. The van der Waals surface area contributed by atoms with E-state index in [0.29, 0.717) is 44.0 Å². The number of amides is 1. The maximum Gasteiger partial charge on any atom is 0.309 e. The third-order valence-electron chi connectivity index (χ3n) is 6.11. The van der Waals surface area contributed by atoms with E-state index in [9.17, 15) is 18.4 Å². The Morgan fingerprint density at radius 3 is 2.61 bits per heavy atom. The molecule has 0 spiro atoms. The minimum absolute atomic E-state index is 0.0856. The molecule has 0 radical (unpaired) electrons. The number of halogens is 2. The van der Waals surface area contributed by atoms with Gasteiger partial charge in [0.1, 0.15) is 17.9 Å². The number of ether oxygens (including phenoxy) is 1. The van der Waals surface area contributed by atoms with Crippen LogP contribution in [0.2, 0.25) is 0 Å². The van der Waals surface area contributed by atoms with Crippen LogP contribution in [-0.4, -0.2) is 52.4 Å². The Balaban J connectivity index is 1.63. The van der Waals surface area contributed by atoms with Gasteiger partial charge < -0.3 is 14.1 Å². The van der Waals surface area contributed by atoms with Crippen molar-refractivity contribution in [2.24, 2.45) is 5.92 Å². The largest absolute Gasteiger partial charge is 0.466 e. The number of hydrogen-bond donors (Lipinski definition) is 0. The van der Waals surface area contributed by atoms with Crippen molar-refractivity contribution >= 4 is 11.9 Å². The molecule has 0 bridgehead atoms. The van der Waals surface area contributed by atoms with Gasteiger partial charge in [-0.2, -0.15) is 0 Å². The summed E-state index contributed by atoms with van der Waals surface area (Å²) >= 11 is 0. The lowest BCUT2D eigenvalue weighted by Crippen LogP contribution is -2.40. The molecule has 1 aliphatic rings. The van der Waals surface area contributed by atoms with Gasteiger partial charge in [0, 0.05) is 37.3 Å². The molecule has 0 saturated carbocycles. The molecule has 1 aliphatic heterocycles. The number of oxazole rings is 1. The average molecular weight is 464 g/mol. The normalized spacial score (nSPS) is 15.6. The van der Waals surface area contributed by atoms with E-state index in [-0.39, 0.29) is 42.6 Å². The topological polar surface area (TPSA) is 75.9 Å². The standard InChI is InChI=1S/C24H31F2N3O4/c1-4-16(3)29(13-18-6-7-19(25)12-20(18)26)14-22-27-21(15-33-22)23(30)28-10-8-17(9-11-28)24(31)32-5-2/h6-7,12,15-17H,4-5,8-11,13-14H2,1-3H3. The predicted molar refractivity (Wildman–Crippen MR) is 117 cm³/mol. The van der Waals surface area contributed by atoms with E-state index in [1.54, 1.807) is 11.8 Å². The molecule has 180 valence electrons. The van der Waals surface area contributed by atoms with Gasteiger partial charge in [0.05, 0.1) is 19.1 Å². The number of rotatable bonds is 9. The van der Waals surface area contributed by atoms with E-state index in [1.165, 1.54) is 18.4 Å². The SMILES string of the molecule is CCOC(=O)C1CCN(C(=O)c2coc(CN(Cc3ccc(F)cc3F)C(C)CC)n2)CC1. The molecule has 1 amide bonds. The van der Waals surface area contributed by atoms with Gasteiger partial charge in [-0.1, -0.05) is 13.0 Å². The summed E-state index contributed by atoms with van der Waals surface area (Å²) < 4.78 is 38.0. The smallest absolute Gasteiger partial charge is 0.309 e. The maximum absolute atomic E-state index is 14.2. The van der Waals surface area contributed by atoms with Crippen molar-refractivity contribution in [3.63, 3.8) is 0 Å². The Hall–Kier alpha value is -2.81. The van der Waals surface area contributed by atoms with Crippen LogP contribution in [0.4, 0.5) is 8.78 Å². The summed E-state index contributed by atoms with van der Waals surface area (Å²) in [5, 5.41) is 0. The van der Waals surface area contributed by atoms with E-state index in [2.05, 4.69) is 4.98 Å². The maximum atomic E-state index is 14.2. The monoisotopic (exact) mass is 463 g/mol. The molecular formula is C24H31F2N3O4. The van der Waals surface area contributed by atoms with Crippen molar-refractivity contribution in [1.82, 2.24) is 14.8 Å². The van der Waals surface area contributed by atoms with Gasteiger partial charge in [-0.15, -0.1) is 0 Å². The number of carbonyl (C=O) groups is 2. The van der Waals surface area contributed by atoms with Gasteiger partial charge in [0.15, 0.2) is 5.69 Å². The fraction of sp³-hybridized carbons (Fsp3) is 0.542. The number of nitrogens with zero attached hydrogens (tertiary/aromatic N) is 3. The number of benzene rings is 1. The number of piperidine rings is 1. The minimum atomic E-state index is -0.617. The molecule has 7 nitrogen and oxygen atoms in total. The van der Waals surface area contributed by atoms with E-state index in [1.807, 2.05) is 18.7 Å². The van der Waals surface area contributed by atoms with Crippen LogP contribution in [0.1, 0.15) is 62.0 Å². The summed E-state index contributed by atoms with van der Waals surface area (Å²) in [4.78, 5) is 32.7. The number of aromatic nitrogens is 1. The third-order valence-corrected chi connectivity index (χ3v) is 6.11. The Bertz CT molecular complexity index is 957. The second-order valence-corrected chi connectivity index (χ2v) is 8.34. The molecule has 2 aromatic rings. The third kappa shape index (κ3) is 6.37. The number of hydrogen-bond acceptors (Lipinski definition) is 6. The highest BCUT2D eigenvalue weighted by Gasteiger charge is 2.30. The molecule has 1 fully saturated rings. The average Bonchev–Trinajstić information content (AvgIpc) is 3.28. The molecule has 1 unspecified atom stereocenters. The van der Waals surface area contributed by atoms with Crippen LogP contribution in [0, 0.1) is 17.6 Å². The first-order chi connectivity index (χ1) is 15.8. The minimum Gasteiger partial charge on any atom is -0.466 e. The van der Waals surface area contributed by atoms with E-state index in [4.69, 9.17) is 9.15 Å². The summed E-state index contributed by atoms with van der Waals surface area (Å²) in [5.41, 5.74) is 0.584. The van der Waals surface area contributed by atoms with Crippen LogP contribution in [-0.2, 0) is 22.6 Å². The second kappa shape index (κ2) is 11.4. The van der Waals surface area contributed by atoms with Gasteiger partial charge >= 0.3 is 5.97 Å². The summed E-state index contributed by atoms with van der Waals surface area (Å²) in [6.07, 6.45) is 3.26. The lowest BCUT2D eigenvalue weighted by molar-refractivity contribution is -0.149. The summed E-state index contributed by atoms with van der Waals surface area (Å²) in [6.45, 7) is 7.59. The van der Waals surface area contributed by atoms with Crippen molar-refractivity contribution < 1.29 is 27.5 Å². The van der Waals surface area contributed by atoms with Crippen LogP contribution in [0.5, 0.6) is 0 Å². The molecule has 1 atom stereocenters. The van der Waals surface area contributed by atoms with Gasteiger partial charge in [0.2, 0.25) is 5.89 Å². The number of esters is 1. The first-order valence-electron chi connectivity index (χ1n) is 11.4. The van der Waals surface area contributed by atoms with Gasteiger partial charge in [-0.3, -0.25) is 14.5 Å². The first kappa shape index (κ1) is 24.8. The van der Waals surface area contributed by atoms with E-state index < -0.39 is 11.6 Å². The van der Waals surface area contributed by atoms with Crippen molar-refractivity contribution in [1.29, 1.82) is 0 Å². The molecule has 0 N–H and O–H groups in total. The zero-order chi connectivity index (χ0) is 24.0. The molecular weight excluding hydrogens is 432 g/mol. The summed E-state index contributed by atoms with van der Waals surface area (Å²) in [6, 6.07) is 3.63. The molecule has 1 aromatic heterocycles. The number of carbonyl (C=O) groups excluding carboxylic acids is 2. The highest BCUT2D eigenvalue weighted by atomic mass is 19.1. The lowest BCUT2D eigenvalue weighted by atomic mass is 9.97. The highest BCUT2D eigenvalue weighted by molar-refractivity contribution is 5.92. The van der Waals surface area contributed by atoms with Crippen LogP contribution >= 0.6 is 0 Å². The zero-order valence-corrected chi connectivity index (χ0v) is 19.4. The van der Waals surface area contributed by atoms with Crippen LogP contribution < -0.4 is 0 Å². The van der Waals surface area contributed by atoms with Gasteiger partial charge in [-0.25, -0.2) is 13.8 Å². The van der Waals surface area contributed by atoms with Crippen molar-refractivity contribution in [3.8, 4) is 0 Å². The fourth-order valence-corrected chi connectivity index (χ4v) is 3.89. The summed E-state index contributed by atoms with van der Waals surface area (Å²) in [7, 11) is 0. The molecule has 3 rings (SSSR count). The Kier molecular flexibility index (Phi) is 8.55. The Labute approximate surface area is 192 Å². The van der Waals surface area contributed by atoms with Crippen LogP contribution in [0.25, 0.3) is 0 Å². The molecule has 9 heteroatoms. The van der Waals surface area contributed by atoms with Crippen molar-refractivity contribution in [2.45, 2.75) is 59.2 Å². The van der Waals surface area contributed by atoms with Gasteiger partial charge in [0.25, 0.3) is 5.91 Å². The summed E-state index contributed by atoms with van der Waals surface area (Å²) in [5.74, 6) is -1.50.